The van der Waals surface area contributed by atoms with Crippen LogP contribution in [0, 0.1) is 5.92 Å². The van der Waals surface area contributed by atoms with Gasteiger partial charge in [-0.2, -0.15) is 5.10 Å². The van der Waals surface area contributed by atoms with Crippen molar-refractivity contribution in [2.24, 2.45) is 5.92 Å². The number of amides is 1. The Bertz CT molecular complexity index is 414. The average molecular weight is 229 g/mol. The van der Waals surface area contributed by atoms with Gasteiger partial charge in [-0.25, -0.2) is 8.78 Å². The van der Waals surface area contributed by atoms with Crippen molar-refractivity contribution in [1.82, 2.24) is 10.2 Å². The summed E-state index contributed by atoms with van der Waals surface area (Å²) in [6.45, 7) is 3.87. The van der Waals surface area contributed by atoms with Crippen molar-refractivity contribution in [3.63, 3.8) is 0 Å². The third-order valence-electron chi connectivity index (χ3n) is 2.68. The molecule has 1 saturated carbocycles. The summed E-state index contributed by atoms with van der Waals surface area (Å²) in [6.07, 6.45) is 1.23. The van der Waals surface area contributed by atoms with E-state index in [1.807, 2.05) is 13.8 Å². The molecule has 6 heteroatoms. The molecule has 0 saturated heterocycles. The van der Waals surface area contributed by atoms with Crippen LogP contribution in [0.25, 0.3) is 0 Å². The van der Waals surface area contributed by atoms with Gasteiger partial charge in [-0.3, -0.25) is 9.89 Å². The lowest BCUT2D eigenvalue weighted by atomic mass is 10.1. The summed E-state index contributed by atoms with van der Waals surface area (Å²) in [5.74, 6) is -4.06. The van der Waals surface area contributed by atoms with Crippen LogP contribution in [-0.4, -0.2) is 22.0 Å². The summed E-state index contributed by atoms with van der Waals surface area (Å²) in [5, 5.41) is 8.84. The second-order valence-electron chi connectivity index (χ2n) is 4.36. The van der Waals surface area contributed by atoms with Gasteiger partial charge >= 0.3 is 0 Å². The van der Waals surface area contributed by atoms with Gasteiger partial charge < -0.3 is 5.32 Å². The first-order chi connectivity index (χ1) is 7.42. The number of nitrogens with one attached hydrogen (secondary N) is 2. The predicted octanol–water partition coefficient (Wildman–Crippen LogP) is 2.13. The van der Waals surface area contributed by atoms with Gasteiger partial charge in [-0.15, -0.1) is 0 Å². The van der Waals surface area contributed by atoms with Crippen molar-refractivity contribution in [2.75, 3.05) is 5.32 Å². The maximum absolute atomic E-state index is 12.6. The van der Waals surface area contributed by atoms with Crippen molar-refractivity contribution < 1.29 is 13.6 Å². The molecule has 4 nitrogen and oxygen atoms in total. The van der Waals surface area contributed by atoms with E-state index in [4.69, 9.17) is 0 Å². The van der Waals surface area contributed by atoms with Gasteiger partial charge in [0.25, 0.3) is 5.92 Å². The molecule has 0 aliphatic heterocycles. The van der Waals surface area contributed by atoms with Crippen LogP contribution in [0.5, 0.6) is 0 Å². The highest BCUT2D eigenvalue weighted by Crippen LogP contribution is 2.49. The molecule has 1 aromatic heterocycles. The summed E-state index contributed by atoms with van der Waals surface area (Å²) in [5.41, 5.74) is 0.817. The van der Waals surface area contributed by atoms with E-state index in [9.17, 15) is 13.6 Å². The number of hydrogen-bond donors (Lipinski definition) is 2. The molecule has 0 radical (unpaired) electrons. The number of nitrogens with zero attached hydrogens (tertiary/aromatic N) is 1. The Morgan fingerprint density at radius 3 is 2.81 bits per heavy atom. The first kappa shape index (κ1) is 11.0. The zero-order chi connectivity index (χ0) is 11.9. The molecule has 1 unspecified atom stereocenters. The number of hydrogen-bond acceptors (Lipinski definition) is 2. The SMILES string of the molecule is CC(C)c1cn[nH]c1NC(=O)C1CC1(F)F. The van der Waals surface area contributed by atoms with E-state index in [0.717, 1.165) is 5.56 Å². The largest absolute Gasteiger partial charge is 0.310 e. The van der Waals surface area contributed by atoms with Crippen LogP contribution < -0.4 is 5.32 Å². The van der Waals surface area contributed by atoms with Gasteiger partial charge in [0, 0.05) is 12.0 Å². The van der Waals surface area contributed by atoms with Crippen LogP contribution in [0.2, 0.25) is 0 Å². The second-order valence-corrected chi connectivity index (χ2v) is 4.36. The molecule has 0 bridgehead atoms. The molecule has 1 atom stereocenters. The molecule has 2 N–H and O–H groups in total. The maximum atomic E-state index is 12.6. The smallest absolute Gasteiger partial charge is 0.260 e. The average Bonchev–Trinajstić information content (AvgIpc) is 2.61. The van der Waals surface area contributed by atoms with Gasteiger partial charge in [0.1, 0.15) is 11.7 Å². The highest BCUT2D eigenvalue weighted by atomic mass is 19.3. The molecule has 16 heavy (non-hydrogen) atoms. The van der Waals surface area contributed by atoms with Gasteiger partial charge in [0.15, 0.2) is 0 Å². The number of carbonyl (C=O) groups is 1. The quantitative estimate of drug-likeness (QED) is 0.834. The van der Waals surface area contributed by atoms with E-state index in [-0.39, 0.29) is 12.3 Å². The molecule has 1 aromatic rings. The molecule has 2 rings (SSSR count). The number of H-pyrrole nitrogens is 1. The number of carbonyl (C=O) groups excluding carboxylic acids is 1. The normalized spacial score (nSPS) is 22.2. The summed E-state index contributed by atoms with van der Waals surface area (Å²) < 4.78 is 25.3. The Kier molecular flexibility index (Phi) is 2.44. The molecular formula is C10H13F2N3O. The first-order valence-electron chi connectivity index (χ1n) is 5.14. The lowest BCUT2D eigenvalue weighted by molar-refractivity contribution is -0.119. The van der Waals surface area contributed by atoms with Gasteiger partial charge in [0.2, 0.25) is 5.91 Å². The minimum Gasteiger partial charge on any atom is -0.310 e. The second kappa shape index (κ2) is 3.54. The van der Waals surface area contributed by atoms with Crippen LogP contribution in [0.3, 0.4) is 0 Å². The summed E-state index contributed by atoms with van der Waals surface area (Å²) >= 11 is 0. The number of aromatic amines is 1. The van der Waals surface area contributed by atoms with Crippen molar-refractivity contribution in [2.45, 2.75) is 32.1 Å². The molecule has 0 spiro atoms. The Morgan fingerprint density at radius 1 is 1.69 bits per heavy atom. The fraction of sp³-hybridized carbons (Fsp3) is 0.600. The van der Waals surface area contributed by atoms with Crippen molar-refractivity contribution in [1.29, 1.82) is 0 Å². The molecule has 1 aliphatic carbocycles. The van der Waals surface area contributed by atoms with E-state index in [1.165, 1.54) is 0 Å². The Morgan fingerprint density at radius 2 is 2.31 bits per heavy atom. The molecule has 88 valence electrons. The van der Waals surface area contributed by atoms with E-state index < -0.39 is 17.7 Å². The zero-order valence-electron chi connectivity index (χ0n) is 9.05. The van der Waals surface area contributed by atoms with E-state index in [1.54, 1.807) is 6.20 Å². The standard InChI is InChI=1S/C10H13F2N3O/c1-5(2)6-4-13-15-8(6)14-9(16)7-3-10(7,11)12/h4-5,7H,3H2,1-2H3,(H2,13,14,15,16). The number of alkyl halides is 2. The van der Waals surface area contributed by atoms with Crippen LogP contribution in [0.15, 0.2) is 6.20 Å². The summed E-state index contributed by atoms with van der Waals surface area (Å²) in [6, 6.07) is 0. The van der Waals surface area contributed by atoms with Gasteiger partial charge in [0.05, 0.1) is 6.20 Å². The van der Waals surface area contributed by atoms with Gasteiger partial charge in [-0.05, 0) is 5.92 Å². The lowest BCUT2D eigenvalue weighted by Crippen LogP contribution is -2.18. The van der Waals surface area contributed by atoms with Crippen LogP contribution >= 0.6 is 0 Å². The maximum Gasteiger partial charge on any atom is 0.260 e. The Hall–Kier alpha value is -1.46. The highest BCUT2D eigenvalue weighted by molar-refractivity contribution is 5.95. The fourth-order valence-corrected chi connectivity index (χ4v) is 1.54. The third kappa shape index (κ3) is 1.91. The number of halogens is 2. The number of rotatable bonds is 3. The number of aromatic nitrogens is 2. The highest BCUT2D eigenvalue weighted by Gasteiger charge is 2.61. The van der Waals surface area contributed by atoms with Crippen LogP contribution in [0.1, 0.15) is 31.7 Å². The fourth-order valence-electron chi connectivity index (χ4n) is 1.54. The molecule has 1 heterocycles. The molecular weight excluding hydrogens is 216 g/mol. The molecule has 1 fully saturated rings. The van der Waals surface area contributed by atoms with Crippen molar-refractivity contribution in [3.8, 4) is 0 Å². The minimum atomic E-state index is -2.83. The monoisotopic (exact) mass is 229 g/mol. The van der Waals surface area contributed by atoms with Crippen molar-refractivity contribution in [3.05, 3.63) is 11.8 Å². The topological polar surface area (TPSA) is 57.8 Å². The molecule has 1 aliphatic rings. The van der Waals surface area contributed by atoms with Crippen LogP contribution in [0.4, 0.5) is 14.6 Å². The van der Waals surface area contributed by atoms with E-state index >= 15 is 0 Å². The number of anilines is 1. The first-order valence-corrected chi connectivity index (χ1v) is 5.14. The van der Waals surface area contributed by atoms with E-state index in [2.05, 4.69) is 15.5 Å². The van der Waals surface area contributed by atoms with E-state index in [0.29, 0.717) is 5.82 Å². The van der Waals surface area contributed by atoms with Gasteiger partial charge in [-0.1, -0.05) is 13.8 Å². The van der Waals surface area contributed by atoms with Crippen molar-refractivity contribution >= 4 is 11.7 Å². The minimum absolute atomic E-state index is 0.175. The van der Waals surface area contributed by atoms with Crippen LogP contribution in [-0.2, 0) is 4.79 Å². The lowest BCUT2D eigenvalue weighted by Gasteiger charge is -2.07. The molecule has 1 amide bonds. The Labute approximate surface area is 91.4 Å². The Balaban J connectivity index is 2.04. The summed E-state index contributed by atoms with van der Waals surface area (Å²) in [7, 11) is 0. The third-order valence-corrected chi connectivity index (χ3v) is 2.68. The summed E-state index contributed by atoms with van der Waals surface area (Å²) in [4.78, 5) is 11.4. The molecule has 0 aromatic carbocycles. The predicted molar refractivity (Wildman–Crippen MR) is 54.4 cm³/mol. The zero-order valence-corrected chi connectivity index (χ0v) is 9.05.